The van der Waals surface area contributed by atoms with Crippen molar-refractivity contribution in [3.05, 3.63) is 59.3 Å². The third kappa shape index (κ3) is 3.78. The predicted octanol–water partition coefficient (Wildman–Crippen LogP) is 5.25. The maximum Gasteiger partial charge on any atom is 0.260 e. The number of aromatic amines is 1. The molecule has 0 spiro atoms. The molecule has 0 aliphatic heterocycles. The van der Waals surface area contributed by atoms with E-state index < -0.39 is 0 Å². The number of hydrogen-bond acceptors (Lipinski definition) is 3. The van der Waals surface area contributed by atoms with Gasteiger partial charge in [-0.25, -0.2) is 0 Å². The Morgan fingerprint density at radius 2 is 2.07 bits per heavy atom. The van der Waals surface area contributed by atoms with E-state index in [-0.39, 0.29) is 12.3 Å². The second-order valence-electron chi connectivity index (χ2n) is 7.95. The SMILES string of the molecule is CCOc1ccc(N(CCC#N)C(=O)c2cccc3c4c([nH]c23)CCC(C)C4)cc1. The Bertz CT molecular complexity index is 1090. The molecule has 1 aromatic heterocycles. The van der Waals surface area contributed by atoms with Crippen LogP contribution in [0.15, 0.2) is 42.5 Å². The van der Waals surface area contributed by atoms with Crippen molar-refractivity contribution in [2.24, 2.45) is 5.92 Å². The molecule has 1 aliphatic carbocycles. The molecular formula is C25H27N3O2. The van der Waals surface area contributed by atoms with Gasteiger partial charge in [-0.1, -0.05) is 19.1 Å². The molecule has 4 rings (SSSR count). The Labute approximate surface area is 177 Å². The van der Waals surface area contributed by atoms with E-state index in [1.54, 1.807) is 4.90 Å². The summed E-state index contributed by atoms with van der Waals surface area (Å²) in [6.07, 6.45) is 3.51. The van der Waals surface area contributed by atoms with Crippen LogP contribution in [0.3, 0.4) is 0 Å². The summed E-state index contributed by atoms with van der Waals surface area (Å²) in [4.78, 5) is 18.9. The number of rotatable bonds is 6. The van der Waals surface area contributed by atoms with Crippen molar-refractivity contribution in [1.82, 2.24) is 4.98 Å². The highest BCUT2D eigenvalue weighted by Crippen LogP contribution is 2.34. The lowest BCUT2D eigenvalue weighted by atomic mass is 9.87. The van der Waals surface area contributed by atoms with Gasteiger partial charge in [0.15, 0.2) is 0 Å². The van der Waals surface area contributed by atoms with E-state index in [9.17, 15) is 4.79 Å². The highest BCUT2D eigenvalue weighted by Gasteiger charge is 2.25. The summed E-state index contributed by atoms with van der Waals surface area (Å²) in [6, 6.07) is 15.6. The number of nitrogens with one attached hydrogen (secondary N) is 1. The highest BCUT2D eigenvalue weighted by molar-refractivity contribution is 6.13. The zero-order valence-corrected chi connectivity index (χ0v) is 17.6. The number of aromatic nitrogens is 1. The van der Waals surface area contributed by atoms with Crippen LogP contribution in [-0.2, 0) is 12.8 Å². The van der Waals surface area contributed by atoms with Gasteiger partial charge in [0.25, 0.3) is 5.91 Å². The van der Waals surface area contributed by atoms with Crippen LogP contribution >= 0.6 is 0 Å². The minimum atomic E-state index is -0.0911. The van der Waals surface area contributed by atoms with Crippen LogP contribution in [0.4, 0.5) is 5.69 Å². The quantitative estimate of drug-likeness (QED) is 0.613. The largest absolute Gasteiger partial charge is 0.494 e. The molecule has 0 saturated heterocycles. The monoisotopic (exact) mass is 401 g/mol. The minimum absolute atomic E-state index is 0.0911. The van der Waals surface area contributed by atoms with Crippen LogP contribution in [0.2, 0.25) is 0 Å². The fourth-order valence-corrected chi connectivity index (χ4v) is 4.34. The van der Waals surface area contributed by atoms with Crippen molar-refractivity contribution in [2.45, 2.75) is 39.5 Å². The fourth-order valence-electron chi connectivity index (χ4n) is 4.34. The van der Waals surface area contributed by atoms with Crippen molar-refractivity contribution in [3.63, 3.8) is 0 Å². The zero-order valence-electron chi connectivity index (χ0n) is 17.6. The number of H-pyrrole nitrogens is 1. The van der Waals surface area contributed by atoms with Gasteiger partial charge in [0.2, 0.25) is 0 Å². The molecule has 0 radical (unpaired) electrons. The highest BCUT2D eigenvalue weighted by atomic mass is 16.5. The molecule has 0 saturated carbocycles. The molecule has 1 atom stereocenters. The molecular weight excluding hydrogens is 374 g/mol. The Morgan fingerprint density at radius 1 is 1.27 bits per heavy atom. The fraction of sp³-hybridized carbons (Fsp3) is 0.360. The second-order valence-corrected chi connectivity index (χ2v) is 7.95. The number of fused-ring (bicyclic) bond motifs is 3. The Morgan fingerprint density at radius 3 is 2.80 bits per heavy atom. The van der Waals surface area contributed by atoms with Crippen molar-refractivity contribution in [3.8, 4) is 11.8 Å². The van der Waals surface area contributed by atoms with Gasteiger partial charge < -0.3 is 14.6 Å². The first-order chi connectivity index (χ1) is 14.6. The van der Waals surface area contributed by atoms with Crippen LogP contribution < -0.4 is 9.64 Å². The third-order valence-electron chi connectivity index (χ3n) is 5.85. The van der Waals surface area contributed by atoms with Gasteiger partial charge >= 0.3 is 0 Å². The molecule has 0 bridgehead atoms. The second kappa shape index (κ2) is 8.62. The third-order valence-corrected chi connectivity index (χ3v) is 5.85. The Kier molecular flexibility index (Phi) is 5.76. The summed E-state index contributed by atoms with van der Waals surface area (Å²) < 4.78 is 5.52. The van der Waals surface area contributed by atoms with E-state index >= 15 is 0 Å². The lowest BCUT2D eigenvalue weighted by molar-refractivity contribution is 0.0989. The number of anilines is 1. The maximum atomic E-state index is 13.6. The van der Waals surface area contributed by atoms with Crippen molar-refractivity contribution < 1.29 is 9.53 Å². The van der Waals surface area contributed by atoms with Crippen LogP contribution in [-0.4, -0.2) is 24.0 Å². The van der Waals surface area contributed by atoms with Crippen molar-refractivity contribution >= 4 is 22.5 Å². The average molecular weight is 402 g/mol. The molecule has 30 heavy (non-hydrogen) atoms. The van der Waals surface area contributed by atoms with Gasteiger partial charge in [-0.2, -0.15) is 5.26 Å². The van der Waals surface area contributed by atoms with E-state index in [1.807, 2.05) is 43.3 Å². The van der Waals surface area contributed by atoms with E-state index in [2.05, 4.69) is 24.0 Å². The first-order valence-corrected chi connectivity index (χ1v) is 10.7. The van der Waals surface area contributed by atoms with Gasteiger partial charge in [0, 0.05) is 23.3 Å². The molecule has 5 heteroatoms. The number of carbonyl (C=O) groups excluding carboxylic acids is 1. The summed E-state index contributed by atoms with van der Waals surface area (Å²) in [7, 11) is 0. The lowest BCUT2D eigenvalue weighted by Crippen LogP contribution is -2.32. The average Bonchev–Trinajstić information content (AvgIpc) is 3.13. The van der Waals surface area contributed by atoms with E-state index in [1.165, 1.54) is 17.7 Å². The van der Waals surface area contributed by atoms with Gasteiger partial charge in [-0.3, -0.25) is 4.79 Å². The maximum absolute atomic E-state index is 13.6. The first kappa shape index (κ1) is 20.0. The molecule has 5 nitrogen and oxygen atoms in total. The van der Waals surface area contributed by atoms with Crippen LogP contribution in [0, 0.1) is 17.2 Å². The Balaban J connectivity index is 1.73. The zero-order chi connectivity index (χ0) is 21.1. The molecule has 1 aliphatic rings. The Hall–Kier alpha value is -3.26. The van der Waals surface area contributed by atoms with Gasteiger partial charge in [0.05, 0.1) is 30.2 Å². The standard InChI is InChI=1S/C25H27N3O2/c1-3-30-19-11-9-18(10-12-19)28(15-5-14-26)25(29)21-7-4-6-20-22-16-17(2)8-13-23(22)27-24(20)21/h4,6-7,9-12,17,27H,3,5,8,13,15-16H2,1-2H3. The number of aryl methyl sites for hydroxylation is 1. The smallest absolute Gasteiger partial charge is 0.260 e. The number of hydrogen-bond donors (Lipinski definition) is 1. The van der Waals surface area contributed by atoms with Crippen LogP contribution in [0.5, 0.6) is 5.75 Å². The van der Waals surface area contributed by atoms with Crippen LogP contribution in [0.1, 0.15) is 48.3 Å². The molecule has 1 unspecified atom stereocenters. The number of benzene rings is 2. The predicted molar refractivity (Wildman–Crippen MR) is 119 cm³/mol. The normalized spacial score (nSPS) is 15.4. The topological polar surface area (TPSA) is 69.1 Å². The summed E-state index contributed by atoms with van der Waals surface area (Å²) in [6.45, 7) is 5.16. The number of amides is 1. The molecule has 2 aromatic carbocycles. The molecule has 1 heterocycles. The van der Waals surface area contributed by atoms with E-state index in [4.69, 9.17) is 10.00 Å². The number of nitriles is 1. The molecule has 1 N–H and O–H groups in total. The van der Waals surface area contributed by atoms with E-state index in [0.29, 0.717) is 24.6 Å². The van der Waals surface area contributed by atoms with Crippen molar-refractivity contribution in [1.29, 1.82) is 5.26 Å². The van der Waals surface area contributed by atoms with Gasteiger partial charge in [-0.05, 0) is 68.0 Å². The molecule has 0 fully saturated rings. The lowest BCUT2D eigenvalue weighted by Gasteiger charge is -2.22. The number of nitrogens with zero attached hydrogens (tertiary/aromatic N) is 2. The van der Waals surface area contributed by atoms with Gasteiger partial charge in [0.1, 0.15) is 5.75 Å². The number of ether oxygens (including phenoxy) is 1. The number of para-hydroxylation sites is 1. The van der Waals surface area contributed by atoms with Crippen LogP contribution in [0.25, 0.3) is 10.9 Å². The van der Waals surface area contributed by atoms with Gasteiger partial charge in [-0.15, -0.1) is 0 Å². The summed E-state index contributed by atoms with van der Waals surface area (Å²) >= 11 is 0. The molecule has 1 amide bonds. The summed E-state index contributed by atoms with van der Waals surface area (Å²) in [5.74, 6) is 1.33. The molecule has 154 valence electrons. The summed E-state index contributed by atoms with van der Waals surface area (Å²) in [5.41, 5.74) is 4.94. The number of carbonyl (C=O) groups is 1. The van der Waals surface area contributed by atoms with E-state index in [0.717, 1.165) is 35.2 Å². The van der Waals surface area contributed by atoms with Crippen molar-refractivity contribution in [2.75, 3.05) is 18.1 Å². The minimum Gasteiger partial charge on any atom is -0.494 e. The summed E-state index contributed by atoms with van der Waals surface area (Å²) in [5, 5.41) is 10.3. The molecule has 3 aromatic rings. The first-order valence-electron chi connectivity index (χ1n) is 10.7.